The first-order chi connectivity index (χ1) is 29.9. The van der Waals surface area contributed by atoms with Crippen LogP contribution in [0.5, 0.6) is 0 Å². The van der Waals surface area contributed by atoms with Gasteiger partial charge in [-0.2, -0.15) is 0 Å². The third kappa shape index (κ3) is 19.2. The molecule has 352 valence electrons. The Labute approximate surface area is 369 Å². The van der Waals surface area contributed by atoms with Gasteiger partial charge in [0.05, 0.1) is 69.3 Å². The van der Waals surface area contributed by atoms with Crippen LogP contribution in [-0.4, -0.2) is 142 Å². The van der Waals surface area contributed by atoms with Gasteiger partial charge in [-0.3, -0.25) is 33.3 Å². The smallest absolute Gasteiger partial charge is 0.394 e. The number of benzene rings is 1. The third-order valence-corrected chi connectivity index (χ3v) is 11.4. The first-order valence-corrected chi connectivity index (χ1v) is 23.0. The molecule has 1 aromatic heterocycles. The van der Waals surface area contributed by atoms with Crippen molar-refractivity contribution in [2.24, 2.45) is 17.8 Å². The van der Waals surface area contributed by atoms with E-state index in [1.165, 1.54) is 29.9 Å². The summed E-state index contributed by atoms with van der Waals surface area (Å²) in [6.45, 7) is 6.59. The molecule has 7 atom stereocenters. The highest BCUT2D eigenvalue weighted by atomic mass is 31.2. The maximum absolute atomic E-state index is 14.2. The molecule has 0 spiro atoms. The van der Waals surface area contributed by atoms with Crippen molar-refractivity contribution < 1.29 is 67.0 Å². The zero-order valence-electron chi connectivity index (χ0n) is 36.9. The highest BCUT2D eigenvalue weighted by Gasteiger charge is 2.42. The molecule has 1 aliphatic rings. The molecule has 3 rings (SSSR count). The Morgan fingerprint density at radius 1 is 0.952 bits per heavy atom. The van der Waals surface area contributed by atoms with Crippen LogP contribution in [0.1, 0.15) is 83.9 Å². The second-order valence-corrected chi connectivity index (χ2v) is 17.6. The fourth-order valence-corrected chi connectivity index (χ4v) is 8.02. The molecule has 1 saturated heterocycles. The number of nitrogens with one attached hydrogen (secondary N) is 3. The van der Waals surface area contributed by atoms with Crippen LogP contribution in [0.4, 0.5) is 0 Å². The number of H-pyrrole nitrogens is 1. The van der Waals surface area contributed by atoms with Gasteiger partial charge in [0.25, 0.3) is 0 Å². The molecule has 0 radical (unpaired) electrons. The molecule has 1 fully saturated rings. The fourth-order valence-electron chi connectivity index (χ4n) is 7.44. The van der Waals surface area contributed by atoms with Gasteiger partial charge in [0.2, 0.25) is 17.7 Å². The van der Waals surface area contributed by atoms with Crippen LogP contribution in [-0.2, 0) is 64.9 Å². The van der Waals surface area contributed by atoms with Crippen molar-refractivity contribution in [2.45, 2.75) is 116 Å². The van der Waals surface area contributed by atoms with Crippen molar-refractivity contribution in [2.75, 3.05) is 46.7 Å². The number of Topliss-reactive ketones (excluding diaryl/α,β-unsaturated/α-hetero) is 3. The number of methoxy groups -OCH3 is 1. The normalized spacial score (nSPS) is 17.8. The van der Waals surface area contributed by atoms with E-state index < -0.39 is 98.6 Å². The van der Waals surface area contributed by atoms with E-state index in [1.54, 1.807) is 7.11 Å². The van der Waals surface area contributed by atoms with E-state index in [-0.39, 0.29) is 50.7 Å². The topological polar surface area (TPSA) is 273 Å². The van der Waals surface area contributed by atoms with E-state index in [2.05, 4.69) is 37.3 Å². The number of hydrogen-bond acceptors (Lipinski definition) is 13. The summed E-state index contributed by atoms with van der Waals surface area (Å²) < 4.78 is 32.8. The van der Waals surface area contributed by atoms with Crippen molar-refractivity contribution in [3.63, 3.8) is 0 Å². The molecule has 3 amide bonds. The second kappa shape index (κ2) is 27.2. The molecule has 1 aromatic carbocycles. The number of hydrogen-bond donors (Lipinski definition) is 6. The molecule has 1 aliphatic heterocycles. The minimum absolute atomic E-state index is 0.0168. The Balaban J connectivity index is 1.76. The first-order valence-electron chi connectivity index (χ1n) is 21.4. The number of aromatic nitrogens is 2. The van der Waals surface area contributed by atoms with E-state index in [0.717, 1.165) is 26.2 Å². The van der Waals surface area contributed by atoms with Gasteiger partial charge in [-0.25, -0.2) is 9.55 Å². The van der Waals surface area contributed by atoms with Crippen LogP contribution in [0.15, 0.2) is 42.9 Å². The van der Waals surface area contributed by atoms with E-state index in [4.69, 9.17) is 14.2 Å². The number of phosphoric acid groups is 1. The Morgan fingerprint density at radius 3 is 2.29 bits per heavy atom. The molecule has 0 aliphatic carbocycles. The summed E-state index contributed by atoms with van der Waals surface area (Å²) >= 11 is 0. The van der Waals surface area contributed by atoms with Crippen LogP contribution in [0, 0.1) is 17.8 Å². The molecule has 6 N–H and O–H groups in total. The van der Waals surface area contributed by atoms with Crippen molar-refractivity contribution in [3.8, 4) is 0 Å². The van der Waals surface area contributed by atoms with E-state index in [0.29, 0.717) is 25.5 Å². The molecule has 2 heterocycles. The number of carbonyl (C=O) groups is 6. The maximum atomic E-state index is 14.2. The molecule has 2 aromatic rings. The summed E-state index contributed by atoms with van der Waals surface area (Å²) in [6, 6.07) is 6.55. The lowest BCUT2D eigenvalue weighted by Crippen LogP contribution is -2.52. The lowest BCUT2D eigenvalue weighted by atomic mass is 9.89. The molecule has 63 heavy (non-hydrogen) atoms. The van der Waals surface area contributed by atoms with E-state index in [1.807, 2.05) is 32.0 Å². The Bertz CT molecular complexity index is 1790. The second-order valence-electron chi connectivity index (χ2n) is 16.4. The summed E-state index contributed by atoms with van der Waals surface area (Å²) in [5.41, 5.74) is 1.71. The number of rotatable bonds is 31. The number of ether oxygens (including phenoxy) is 3. The zero-order chi connectivity index (χ0) is 46.5. The van der Waals surface area contributed by atoms with Crippen LogP contribution in [0.25, 0.3) is 0 Å². The number of likely N-dealkylation sites (tertiary alicyclic amines) is 1. The predicted molar refractivity (Wildman–Crippen MR) is 229 cm³/mol. The van der Waals surface area contributed by atoms with Gasteiger partial charge in [0.15, 0.2) is 11.6 Å². The number of amides is 3. The number of imidazole rings is 1. The van der Waals surface area contributed by atoms with Gasteiger partial charge in [-0.05, 0) is 51.0 Å². The number of aliphatic hydroxyl groups is 1. The van der Waals surface area contributed by atoms with Crippen LogP contribution < -0.4 is 10.6 Å². The number of phosphoric ester groups is 1. The fraction of sp³-hybridized carbons (Fsp3) is 0.651. The highest BCUT2D eigenvalue weighted by Crippen LogP contribution is 2.39. The van der Waals surface area contributed by atoms with Crippen LogP contribution in [0.3, 0.4) is 0 Å². The van der Waals surface area contributed by atoms with Gasteiger partial charge in [-0.1, -0.05) is 44.2 Å². The number of unbranched alkanes of at least 4 members (excludes halogenated alkanes) is 1. The molecule has 20 heteroatoms. The van der Waals surface area contributed by atoms with E-state index in [9.17, 15) is 48.2 Å². The molecule has 0 saturated carbocycles. The minimum atomic E-state index is -5.01. The summed E-state index contributed by atoms with van der Waals surface area (Å²) in [4.78, 5) is 108. The quantitative estimate of drug-likeness (QED) is 0.0468. The van der Waals surface area contributed by atoms with Crippen molar-refractivity contribution in [1.29, 1.82) is 0 Å². The van der Waals surface area contributed by atoms with Gasteiger partial charge in [0, 0.05) is 57.8 Å². The Morgan fingerprint density at radius 2 is 1.67 bits per heavy atom. The SMILES string of the molecule is COCCOCCC(=O)N1C[C@H](OCCCCc2ccccc2)C[C@H]1C(=O)N[C@@H](CC(C)C)C(=O)C[C@@H](Cc1cnc[nH]1)C(=O)N[C@@H](CO)C(=O)C[C@H](C(C)=O)[C@@H](C)OP(=O)(O)O. The van der Waals surface area contributed by atoms with Crippen molar-refractivity contribution in [3.05, 3.63) is 54.1 Å². The maximum Gasteiger partial charge on any atom is 0.469 e. The summed E-state index contributed by atoms with van der Waals surface area (Å²) in [7, 11) is -3.47. The van der Waals surface area contributed by atoms with Gasteiger partial charge in [0.1, 0.15) is 17.9 Å². The number of nitrogens with zero attached hydrogens (tertiary/aromatic N) is 2. The average molecular weight is 908 g/mol. The minimum Gasteiger partial charge on any atom is -0.394 e. The monoisotopic (exact) mass is 907 g/mol. The Hall–Kier alpha value is -4.20. The number of aromatic amines is 1. The molecular weight excluding hydrogens is 841 g/mol. The first kappa shape index (κ1) is 53.1. The van der Waals surface area contributed by atoms with Crippen molar-refractivity contribution >= 4 is 42.9 Å². The van der Waals surface area contributed by atoms with Gasteiger partial charge >= 0.3 is 7.82 Å². The third-order valence-electron chi connectivity index (χ3n) is 10.8. The molecule has 0 unspecified atom stereocenters. The Kier molecular flexibility index (Phi) is 22.9. The van der Waals surface area contributed by atoms with Crippen molar-refractivity contribution in [1.82, 2.24) is 25.5 Å². The van der Waals surface area contributed by atoms with Gasteiger partial charge < -0.3 is 49.6 Å². The average Bonchev–Trinajstić information content (AvgIpc) is 3.91. The standard InChI is InChI=1S/C43H66N5O14P/c1-28(2)19-36(46-43(55)38-22-34(25-48(38)41(53)14-16-60-18-17-59-5)61-15-10-9-13-31-11-7-6-8-12-31)39(51)21-32(20-33-24-44-27-45-33)42(54)47-37(26-49)40(52)23-35(29(3)50)30(4)62-63(56,57)58/h6-8,11-12,24,27-28,30,32,34-38,49H,9-10,13-23,25-26H2,1-5H3,(H,44,45)(H,46,55)(H,47,54)(H2,56,57,58)/t30-,32-,34-,35-,36+,37+,38+/m1/s1. The summed E-state index contributed by atoms with van der Waals surface area (Å²) in [5.74, 6) is -6.06. The number of aryl methyl sites for hydroxylation is 1. The lowest BCUT2D eigenvalue weighted by Gasteiger charge is -2.28. The van der Waals surface area contributed by atoms with Crippen LogP contribution >= 0.6 is 7.82 Å². The number of aliphatic hydroxyl groups excluding tert-OH is 1. The zero-order valence-corrected chi connectivity index (χ0v) is 37.8. The molecule has 0 bridgehead atoms. The van der Waals surface area contributed by atoms with Crippen LogP contribution in [0.2, 0.25) is 0 Å². The van der Waals surface area contributed by atoms with E-state index >= 15 is 0 Å². The summed E-state index contributed by atoms with van der Waals surface area (Å²) in [5, 5.41) is 15.5. The number of ketones is 3. The number of carbonyl (C=O) groups excluding carboxylic acids is 6. The largest absolute Gasteiger partial charge is 0.469 e. The molecular formula is C43H66N5O14P. The molecule has 19 nitrogen and oxygen atoms in total. The lowest BCUT2D eigenvalue weighted by molar-refractivity contribution is -0.140. The summed E-state index contributed by atoms with van der Waals surface area (Å²) in [6.07, 6.45) is 2.99. The highest BCUT2D eigenvalue weighted by molar-refractivity contribution is 7.46. The van der Waals surface area contributed by atoms with Gasteiger partial charge in [-0.15, -0.1) is 0 Å². The predicted octanol–water partition coefficient (Wildman–Crippen LogP) is 2.26.